The Hall–Kier alpha value is -6.85. The highest BCUT2D eigenvalue weighted by molar-refractivity contribution is 6.10. The number of hydrogen-bond acceptors (Lipinski definition) is 3. The van der Waals surface area contributed by atoms with E-state index in [2.05, 4.69) is 0 Å². The molecule has 5 nitrogen and oxygen atoms in total. The molecule has 0 spiro atoms. The molecule has 0 atom stereocenters. The Balaban J connectivity index is 1.36. The van der Waals surface area contributed by atoms with Gasteiger partial charge in [0.15, 0.2) is 11.6 Å². The minimum Gasteiger partial charge on any atom is -0.309 e. The molecule has 0 aliphatic rings. The van der Waals surface area contributed by atoms with E-state index in [4.69, 9.17) is 30.0 Å². The highest BCUT2D eigenvalue weighted by Gasteiger charge is 2.19. The van der Waals surface area contributed by atoms with Crippen molar-refractivity contribution in [3.63, 3.8) is 0 Å². The summed E-state index contributed by atoms with van der Waals surface area (Å²) in [7, 11) is 0. The van der Waals surface area contributed by atoms with Crippen LogP contribution in [0.25, 0.3) is 89.2 Å². The lowest BCUT2D eigenvalue weighted by Gasteiger charge is -2.15. The molecule has 0 unspecified atom stereocenters. The molecule has 5 heteroatoms. The Morgan fingerprint density at radius 3 is 1.62 bits per heavy atom. The molecule has 0 saturated carbocycles. The zero-order valence-electron chi connectivity index (χ0n) is 37.1. The van der Waals surface area contributed by atoms with Crippen molar-refractivity contribution in [2.75, 3.05) is 0 Å². The quantitative estimate of drug-likeness (QED) is 0.186. The molecule has 7 aromatic carbocycles. The van der Waals surface area contributed by atoms with E-state index in [1.54, 1.807) is 18.2 Å². The molecule has 0 fully saturated rings. The van der Waals surface area contributed by atoms with Gasteiger partial charge in [0, 0.05) is 38.4 Å². The van der Waals surface area contributed by atoms with Crippen molar-refractivity contribution in [3.05, 3.63) is 176 Å². The average Bonchev–Trinajstić information content (AvgIpc) is 3.81. The predicted molar refractivity (Wildman–Crippen MR) is 205 cm³/mol. The summed E-state index contributed by atoms with van der Waals surface area (Å²) in [5, 5.41) is 2.03. The first-order valence-corrected chi connectivity index (χ1v) is 15.9. The van der Waals surface area contributed by atoms with E-state index in [1.807, 2.05) is 83.4 Å². The van der Waals surface area contributed by atoms with Crippen molar-refractivity contribution in [1.29, 1.82) is 0 Å². The summed E-state index contributed by atoms with van der Waals surface area (Å²) in [5.74, 6) is 0.737. The number of rotatable bonds is 5. The summed E-state index contributed by atoms with van der Waals surface area (Å²) in [6.45, 7) is 0. The molecule has 3 aromatic heterocycles. The van der Waals surface area contributed by atoms with Gasteiger partial charge in [0.25, 0.3) is 0 Å². The Bertz CT molecular complexity index is 3360. The predicted octanol–water partition coefficient (Wildman–Crippen LogP) is 11.1. The third-order valence-electron chi connectivity index (χ3n) is 8.79. The van der Waals surface area contributed by atoms with Gasteiger partial charge in [0.2, 0.25) is 5.95 Å². The van der Waals surface area contributed by atoms with Crippen LogP contribution in [-0.4, -0.2) is 24.1 Å². The van der Waals surface area contributed by atoms with E-state index < -0.39 is 30.2 Å². The summed E-state index contributed by atoms with van der Waals surface area (Å²) in [6, 6.07) is 28.2. The van der Waals surface area contributed by atoms with E-state index in [9.17, 15) is 0 Å². The molecule has 0 N–H and O–H groups in total. The zero-order valence-corrected chi connectivity index (χ0v) is 26.1. The molecule has 234 valence electrons. The Morgan fingerprint density at radius 1 is 0.380 bits per heavy atom. The third-order valence-corrected chi connectivity index (χ3v) is 8.79. The van der Waals surface area contributed by atoms with E-state index in [0.717, 1.165) is 21.8 Å². The van der Waals surface area contributed by atoms with Crippen LogP contribution in [0.15, 0.2) is 176 Å². The van der Waals surface area contributed by atoms with Crippen molar-refractivity contribution in [3.8, 4) is 45.5 Å². The van der Waals surface area contributed by atoms with Crippen LogP contribution in [0.3, 0.4) is 0 Å². The monoisotopic (exact) mass is 650 g/mol. The Morgan fingerprint density at radius 2 is 0.960 bits per heavy atom. The maximum atomic E-state index is 9.11. The van der Waals surface area contributed by atoms with Gasteiger partial charge in [-0.1, -0.05) is 133 Å². The maximum absolute atomic E-state index is 9.11. The molecule has 0 saturated heterocycles. The average molecular weight is 651 g/mol. The number of benzene rings is 7. The Kier molecular flexibility index (Phi) is 4.38. The van der Waals surface area contributed by atoms with Crippen LogP contribution in [-0.2, 0) is 0 Å². The van der Waals surface area contributed by atoms with Gasteiger partial charge in [-0.15, -0.1) is 0 Å². The second kappa shape index (κ2) is 11.4. The van der Waals surface area contributed by atoms with Crippen LogP contribution >= 0.6 is 0 Å². The van der Waals surface area contributed by atoms with E-state index in [1.165, 1.54) is 16.7 Å². The van der Waals surface area contributed by atoms with E-state index >= 15 is 0 Å². The van der Waals surface area contributed by atoms with E-state index in [0.29, 0.717) is 17.0 Å². The first-order chi connectivity index (χ1) is 29.3. The first kappa shape index (κ1) is 19.2. The molecule has 10 aromatic rings. The standard InChI is InChI=1S/C45H29N5/c1-3-15-30(16-4-1)32-27-33(29-34(28-32)49-39-23-11-7-19-35(39)36-20-8-12-24-40(36)49)44-46-43(31-17-5-2-6-18-31)47-45(48-44)50-41-25-13-9-21-37(41)38-22-10-14-26-42(38)50/h1-29H/i1D,3D,4D,7D,8D,15D,16D,19D,20D,23D,24D. The lowest BCUT2D eigenvalue weighted by atomic mass is 10.0. The summed E-state index contributed by atoms with van der Waals surface area (Å²) >= 11 is 0. The van der Waals surface area contributed by atoms with Gasteiger partial charge in [0.1, 0.15) is 0 Å². The smallest absolute Gasteiger partial charge is 0.238 e. The Labute approximate surface area is 303 Å². The highest BCUT2D eigenvalue weighted by atomic mass is 15.2. The van der Waals surface area contributed by atoms with Crippen LogP contribution in [0.5, 0.6) is 0 Å². The molecule has 0 aliphatic heterocycles. The fraction of sp³-hybridized carbons (Fsp3) is 0. The van der Waals surface area contributed by atoms with Crippen LogP contribution in [0.1, 0.15) is 15.1 Å². The molecule has 3 heterocycles. The second-order valence-electron chi connectivity index (χ2n) is 11.7. The van der Waals surface area contributed by atoms with Crippen LogP contribution in [0.2, 0.25) is 0 Å². The SMILES string of the molecule is [2H]c1cc([2H])c2c(c1[2H])c1c([2H])c([2H])cc([2H])c1n2-c1cc(-c2nc(-c3ccccc3)nc(-n3c4ccccc4c4ccccc43)n2)cc(-c2c([2H])c([2H])c([2H])c([2H])c2[2H])c1. The van der Waals surface area contributed by atoms with Gasteiger partial charge in [-0.3, -0.25) is 4.57 Å². The summed E-state index contributed by atoms with van der Waals surface area (Å²) in [4.78, 5) is 15.1. The van der Waals surface area contributed by atoms with Crippen molar-refractivity contribution in [2.24, 2.45) is 0 Å². The van der Waals surface area contributed by atoms with Gasteiger partial charge in [-0.2, -0.15) is 9.97 Å². The summed E-state index contributed by atoms with van der Waals surface area (Å²) in [6.07, 6.45) is 0. The van der Waals surface area contributed by atoms with Gasteiger partial charge in [-0.05, 0) is 53.5 Å². The molecule has 50 heavy (non-hydrogen) atoms. The minimum absolute atomic E-state index is 0.0371. The first-order valence-electron chi connectivity index (χ1n) is 21.4. The normalized spacial score (nSPS) is 14.7. The van der Waals surface area contributed by atoms with Crippen molar-refractivity contribution in [2.45, 2.75) is 0 Å². The number of nitrogens with zero attached hydrogens (tertiary/aromatic N) is 5. The van der Waals surface area contributed by atoms with Gasteiger partial charge in [-0.25, -0.2) is 4.98 Å². The van der Waals surface area contributed by atoms with Gasteiger partial charge >= 0.3 is 0 Å². The molecule has 10 rings (SSSR count). The molecule has 0 bridgehead atoms. The lowest BCUT2D eigenvalue weighted by Crippen LogP contribution is -2.06. The molecular formula is C45H29N5. The number of hydrogen-bond donors (Lipinski definition) is 0. The second-order valence-corrected chi connectivity index (χ2v) is 11.7. The van der Waals surface area contributed by atoms with Gasteiger partial charge in [0.05, 0.1) is 37.1 Å². The van der Waals surface area contributed by atoms with Crippen molar-refractivity contribution in [1.82, 2.24) is 24.1 Å². The fourth-order valence-electron chi connectivity index (χ4n) is 6.63. The summed E-state index contributed by atoms with van der Waals surface area (Å²) < 4.78 is 99.9. The number of fused-ring (bicyclic) bond motifs is 6. The summed E-state index contributed by atoms with van der Waals surface area (Å²) in [5.41, 5.74) is 3.07. The molecule has 0 aliphatic carbocycles. The van der Waals surface area contributed by atoms with Crippen LogP contribution < -0.4 is 0 Å². The van der Waals surface area contributed by atoms with Crippen molar-refractivity contribution < 1.29 is 15.1 Å². The lowest BCUT2D eigenvalue weighted by molar-refractivity contribution is 0.953. The number of para-hydroxylation sites is 4. The number of aromatic nitrogens is 5. The zero-order chi connectivity index (χ0) is 42.6. The third kappa shape index (κ3) is 4.52. The fourth-order valence-corrected chi connectivity index (χ4v) is 6.63. The van der Waals surface area contributed by atoms with E-state index in [-0.39, 0.29) is 86.6 Å². The van der Waals surface area contributed by atoms with Gasteiger partial charge < -0.3 is 4.57 Å². The topological polar surface area (TPSA) is 48.5 Å². The maximum Gasteiger partial charge on any atom is 0.238 e. The van der Waals surface area contributed by atoms with Crippen LogP contribution in [0, 0.1) is 0 Å². The molecule has 0 amide bonds. The molecular weight excluding hydrogens is 611 g/mol. The minimum atomic E-state index is -0.570. The molecule has 0 radical (unpaired) electrons. The largest absolute Gasteiger partial charge is 0.309 e. The van der Waals surface area contributed by atoms with Crippen molar-refractivity contribution >= 4 is 43.6 Å². The highest BCUT2D eigenvalue weighted by Crippen LogP contribution is 2.37. The van der Waals surface area contributed by atoms with Crippen LogP contribution in [0.4, 0.5) is 0 Å².